The van der Waals surface area contributed by atoms with Crippen molar-refractivity contribution in [1.82, 2.24) is 0 Å². The van der Waals surface area contributed by atoms with Gasteiger partial charge in [0.2, 0.25) is 0 Å². The van der Waals surface area contributed by atoms with Crippen LogP contribution in [0.15, 0.2) is 27.6 Å². The van der Waals surface area contributed by atoms with Crippen LogP contribution in [-0.2, 0) is 9.47 Å². The molecule has 0 aliphatic carbocycles. The minimum atomic E-state index is -0.906. The van der Waals surface area contributed by atoms with Crippen LogP contribution >= 0.6 is 27.7 Å². The molecule has 1 spiro atoms. The van der Waals surface area contributed by atoms with Crippen LogP contribution in [0.2, 0.25) is 0 Å². The molecule has 6 heteroatoms. The van der Waals surface area contributed by atoms with Crippen LogP contribution in [-0.4, -0.2) is 41.7 Å². The first kappa shape index (κ1) is 15.3. The number of halogens is 1. The van der Waals surface area contributed by atoms with Crippen LogP contribution in [0.3, 0.4) is 0 Å². The molecule has 1 N–H and O–H groups in total. The fraction of sp³-hybridized carbons (Fsp3) is 0.533. The second kappa shape index (κ2) is 6.28. The van der Waals surface area contributed by atoms with E-state index < -0.39 is 5.97 Å². The zero-order valence-corrected chi connectivity index (χ0v) is 13.9. The number of carbonyl (C=O) groups is 1. The van der Waals surface area contributed by atoms with Gasteiger partial charge in [-0.15, -0.1) is 11.8 Å². The van der Waals surface area contributed by atoms with E-state index in [1.165, 1.54) is 0 Å². The van der Waals surface area contributed by atoms with Crippen molar-refractivity contribution in [1.29, 1.82) is 0 Å². The van der Waals surface area contributed by atoms with Crippen molar-refractivity contribution in [2.45, 2.75) is 35.0 Å². The van der Waals surface area contributed by atoms with Crippen LogP contribution in [0.4, 0.5) is 0 Å². The first-order chi connectivity index (χ1) is 10.1. The molecule has 2 fully saturated rings. The minimum Gasteiger partial charge on any atom is -0.478 e. The summed E-state index contributed by atoms with van der Waals surface area (Å²) in [7, 11) is 0. The molecule has 0 aromatic heterocycles. The largest absolute Gasteiger partial charge is 0.478 e. The summed E-state index contributed by atoms with van der Waals surface area (Å²) in [6.45, 7) is 2.22. The third-order valence-electron chi connectivity index (χ3n) is 3.99. The van der Waals surface area contributed by atoms with Crippen LogP contribution in [0, 0.1) is 0 Å². The predicted octanol–water partition coefficient (Wildman–Crippen LogP) is 3.58. The molecule has 4 nitrogen and oxygen atoms in total. The fourth-order valence-corrected chi connectivity index (χ4v) is 4.62. The highest BCUT2D eigenvalue weighted by molar-refractivity contribution is 9.10. The first-order valence-electron chi connectivity index (χ1n) is 6.99. The smallest absolute Gasteiger partial charge is 0.336 e. The van der Waals surface area contributed by atoms with Gasteiger partial charge in [-0.3, -0.25) is 0 Å². The molecule has 21 heavy (non-hydrogen) atoms. The van der Waals surface area contributed by atoms with E-state index in [2.05, 4.69) is 15.9 Å². The number of carboxylic acids is 1. The molecule has 0 radical (unpaired) electrons. The number of ether oxygens (including phenoxy) is 2. The average molecular weight is 373 g/mol. The van der Waals surface area contributed by atoms with Crippen molar-refractivity contribution in [3.05, 3.63) is 28.2 Å². The fourth-order valence-electron chi connectivity index (χ4n) is 2.88. The van der Waals surface area contributed by atoms with Gasteiger partial charge >= 0.3 is 5.97 Å². The molecule has 2 heterocycles. The summed E-state index contributed by atoms with van der Waals surface area (Å²) in [4.78, 5) is 12.2. The molecule has 2 atom stereocenters. The van der Waals surface area contributed by atoms with Crippen molar-refractivity contribution < 1.29 is 19.4 Å². The standard InChI is InChI=1S/C15H17BrO4S/c16-13-2-1-10(7-12(13)14(17)18)21-11-3-5-20-15(8-11)4-6-19-9-15/h1-2,7,11H,3-6,8-9H2,(H,17,18). The van der Waals surface area contributed by atoms with Gasteiger partial charge in [-0.25, -0.2) is 4.79 Å². The van der Waals surface area contributed by atoms with Crippen molar-refractivity contribution in [3.8, 4) is 0 Å². The Morgan fingerprint density at radius 1 is 1.43 bits per heavy atom. The highest BCUT2D eigenvalue weighted by Gasteiger charge is 2.41. The summed E-state index contributed by atoms with van der Waals surface area (Å²) in [5.41, 5.74) is 0.201. The molecule has 1 aromatic carbocycles. The molecule has 1 aromatic rings. The third-order valence-corrected chi connectivity index (χ3v) is 5.94. The van der Waals surface area contributed by atoms with E-state index >= 15 is 0 Å². The highest BCUT2D eigenvalue weighted by Crippen LogP contribution is 2.40. The minimum absolute atomic E-state index is 0.110. The molecular formula is C15H17BrO4S. The van der Waals surface area contributed by atoms with Gasteiger partial charge in [0, 0.05) is 34.3 Å². The lowest BCUT2D eigenvalue weighted by Crippen LogP contribution is -2.41. The van der Waals surface area contributed by atoms with E-state index in [1.54, 1.807) is 23.9 Å². The maximum atomic E-state index is 11.2. The van der Waals surface area contributed by atoms with Gasteiger partial charge < -0.3 is 14.6 Å². The van der Waals surface area contributed by atoms with E-state index in [4.69, 9.17) is 9.47 Å². The monoisotopic (exact) mass is 372 g/mol. The van der Waals surface area contributed by atoms with Gasteiger partial charge in [-0.1, -0.05) is 0 Å². The van der Waals surface area contributed by atoms with Crippen molar-refractivity contribution in [2.75, 3.05) is 19.8 Å². The number of benzene rings is 1. The zero-order chi connectivity index (χ0) is 14.9. The third kappa shape index (κ3) is 3.44. The number of hydrogen-bond acceptors (Lipinski definition) is 4. The van der Waals surface area contributed by atoms with E-state index in [-0.39, 0.29) is 5.60 Å². The Bertz CT molecular complexity index is 542. The van der Waals surface area contributed by atoms with Crippen molar-refractivity contribution >= 4 is 33.7 Å². The summed E-state index contributed by atoms with van der Waals surface area (Å²) in [5, 5.41) is 9.64. The summed E-state index contributed by atoms with van der Waals surface area (Å²) >= 11 is 5.02. The first-order valence-corrected chi connectivity index (χ1v) is 8.66. The Hall–Kier alpha value is -0.560. The van der Waals surface area contributed by atoms with Gasteiger partial charge in [0.25, 0.3) is 0 Å². The normalized spacial score (nSPS) is 28.9. The highest BCUT2D eigenvalue weighted by atomic mass is 79.9. The summed E-state index contributed by atoms with van der Waals surface area (Å²) in [6.07, 6.45) is 2.92. The molecule has 114 valence electrons. The topological polar surface area (TPSA) is 55.8 Å². The van der Waals surface area contributed by atoms with E-state index in [1.807, 2.05) is 6.07 Å². The van der Waals surface area contributed by atoms with Gasteiger partial charge in [0.15, 0.2) is 0 Å². The van der Waals surface area contributed by atoms with E-state index in [0.717, 1.165) is 37.4 Å². The van der Waals surface area contributed by atoms with E-state index in [9.17, 15) is 9.90 Å². The van der Waals surface area contributed by atoms with Gasteiger partial charge in [-0.2, -0.15) is 0 Å². The van der Waals surface area contributed by atoms with E-state index in [0.29, 0.717) is 21.9 Å². The van der Waals surface area contributed by atoms with Crippen molar-refractivity contribution in [2.24, 2.45) is 0 Å². The molecule has 0 saturated carbocycles. The SMILES string of the molecule is O=C(O)c1cc(SC2CCOC3(CCOC3)C2)ccc1Br. The summed E-state index contributed by atoms with van der Waals surface area (Å²) < 4.78 is 12.0. The van der Waals surface area contributed by atoms with Crippen LogP contribution < -0.4 is 0 Å². The van der Waals surface area contributed by atoms with Crippen LogP contribution in [0.5, 0.6) is 0 Å². The van der Waals surface area contributed by atoms with Gasteiger partial charge in [-0.05, 0) is 47.0 Å². The van der Waals surface area contributed by atoms with Crippen LogP contribution in [0.1, 0.15) is 29.6 Å². The zero-order valence-electron chi connectivity index (χ0n) is 11.5. The lowest BCUT2D eigenvalue weighted by molar-refractivity contribution is -0.0769. The molecule has 2 aliphatic heterocycles. The molecule has 2 aliphatic rings. The quantitative estimate of drug-likeness (QED) is 0.878. The second-order valence-corrected chi connectivity index (χ2v) is 7.74. The summed E-state index contributed by atoms with van der Waals surface area (Å²) in [6, 6.07) is 5.51. The Kier molecular flexibility index (Phi) is 4.59. The molecule has 0 amide bonds. The van der Waals surface area contributed by atoms with Crippen molar-refractivity contribution in [3.63, 3.8) is 0 Å². The second-order valence-electron chi connectivity index (χ2n) is 5.51. The predicted molar refractivity (Wildman–Crippen MR) is 84.1 cm³/mol. The van der Waals surface area contributed by atoms with Gasteiger partial charge in [0.1, 0.15) is 0 Å². The molecule has 3 rings (SSSR count). The maximum Gasteiger partial charge on any atom is 0.336 e. The lowest BCUT2D eigenvalue weighted by Gasteiger charge is -2.36. The molecular weight excluding hydrogens is 356 g/mol. The number of rotatable bonds is 3. The maximum absolute atomic E-state index is 11.2. The number of carboxylic acid groups (broad SMARTS) is 1. The average Bonchev–Trinajstić information content (AvgIpc) is 2.88. The molecule has 0 bridgehead atoms. The molecule has 2 saturated heterocycles. The Labute approximate surface area is 136 Å². The number of aromatic carboxylic acids is 1. The number of hydrogen-bond donors (Lipinski definition) is 1. The lowest BCUT2D eigenvalue weighted by atomic mass is 9.93. The molecule has 2 unspecified atom stereocenters. The Morgan fingerprint density at radius 2 is 2.29 bits per heavy atom. The van der Waals surface area contributed by atoms with Crippen LogP contribution in [0.25, 0.3) is 0 Å². The number of thioether (sulfide) groups is 1. The summed E-state index contributed by atoms with van der Waals surface area (Å²) in [5.74, 6) is -0.906. The van der Waals surface area contributed by atoms with Gasteiger partial charge in [0.05, 0.1) is 17.8 Å². The Morgan fingerprint density at radius 3 is 3.00 bits per heavy atom. The Balaban J connectivity index is 1.71.